The molecule has 8 heteroatoms. The van der Waals surface area contributed by atoms with Crippen LogP contribution in [0.3, 0.4) is 0 Å². The number of carbonyl (C=O) groups excluding carboxylic acids is 1. The SMILES string of the molecule is CCN1CCc2nc3ccccc3c(C(=O)Nc3ccc(S(=O)(=O)N(CC)CC)cc3)c2C1. The third kappa shape index (κ3) is 4.51. The molecule has 4 rings (SSSR count). The van der Waals surface area contributed by atoms with Gasteiger partial charge in [0.05, 0.1) is 16.0 Å². The van der Waals surface area contributed by atoms with Crippen LogP contribution in [-0.4, -0.2) is 54.7 Å². The molecule has 0 aliphatic carbocycles. The van der Waals surface area contributed by atoms with Gasteiger partial charge in [0.15, 0.2) is 0 Å². The molecule has 0 saturated carbocycles. The van der Waals surface area contributed by atoms with Gasteiger partial charge in [0.25, 0.3) is 5.91 Å². The van der Waals surface area contributed by atoms with Crippen LogP contribution in [0.5, 0.6) is 0 Å². The zero-order valence-corrected chi connectivity index (χ0v) is 20.2. The Balaban J connectivity index is 1.67. The third-order valence-electron chi connectivity index (χ3n) is 6.26. The normalized spacial score (nSPS) is 14.4. The minimum absolute atomic E-state index is 0.206. The number of aromatic nitrogens is 1. The molecule has 1 aliphatic rings. The molecule has 0 fully saturated rings. The van der Waals surface area contributed by atoms with Crippen LogP contribution in [0.1, 0.15) is 42.4 Å². The maximum absolute atomic E-state index is 13.5. The molecule has 0 unspecified atom stereocenters. The fraction of sp³-hybridized carbons (Fsp3) is 0.360. The van der Waals surface area contributed by atoms with Crippen molar-refractivity contribution in [1.82, 2.24) is 14.2 Å². The van der Waals surface area contributed by atoms with Crippen LogP contribution >= 0.6 is 0 Å². The van der Waals surface area contributed by atoms with Gasteiger partial charge < -0.3 is 5.32 Å². The lowest BCUT2D eigenvalue weighted by Gasteiger charge is -2.29. The lowest BCUT2D eigenvalue weighted by Crippen LogP contribution is -2.33. The number of rotatable bonds is 7. The van der Waals surface area contributed by atoms with Crippen molar-refractivity contribution >= 4 is 32.5 Å². The molecule has 2 heterocycles. The molecule has 2 aromatic carbocycles. The smallest absolute Gasteiger partial charge is 0.256 e. The molecule has 7 nitrogen and oxygen atoms in total. The Kier molecular flexibility index (Phi) is 6.78. The van der Waals surface area contributed by atoms with Crippen molar-refractivity contribution in [3.63, 3.8) is 0 Å². The molecule has 174 valence electrons. The summed E-state index contributed by atoms with van der Waals surface area (Å²) in [7, 11) is -3.54. The predicted octanol–water partition coefficient (Wildman–Crippen LogP) is 3.90. The molecule has 0 bridgehead atoms. The maximum atomic E-state index is 13.5. The van der Waals surface area contributed by atoms with Gasteiger partial charge in [-0.1, -0.05) is 39.0 Å². The highest BCUT2D eigenvalue weighted by Crippen LogP contribution is 2.29. The Labute approximate surface area is 195 Å². The molecule has 1 aliphatic heterocycles. The monoisotopic (exact) mass is 466 g/mol. The average Bonchev–Trinajstić information content (AvgIpc) is 2.83. The molecule has 0 spiro atoms. The molecular formula is C25H30N4O3S. The van der Waals surface area contributed by atoms with Crippen molar-refractivity contribution in [2.45, 2.75) is 38.6 Å². The number of para-hydroxylation sites is 1. The number of benzene rings is 2. The van der Waals surface area contributed by atoms with Gasteiger partial charge in [-0.3, -0.25) is 14.7 Å². The van der Waals surface area contributed by atoms with Gasteiger partial charge in [-0.15, -0.1) is 0 Å². The first kappa shape index (κ1) is 23.4. The summed E-state index contributed by atoms with van der Waals surface area (Å²) in [6.07, 6.45) is 0.812. The van der Waals surface area contributed by atoms with Crippen LogP contribution in [0.4, 0.5) is 5.69 Å². The minimum Gasteiger partial charge on any atom is -0.322 e. The first-order valence-corrected chi connectivity index (χ1v) is 12.9. The number of amides is 1. The Bertz CT molecular complexity index is 1270. The van der Waals surface area contributed by atoms with E-state index in [0.29, 0.717) is 30.9 Å². The Morgan fingerprint density at radius 2 is 1.76 bits per heavy atom. The fourth-order valence-corrected chi connectivity index (χ4v) is 5.85. The standard InChI is InChI=1S/C25H30N4O3S/c1-4-28-16-15-23-21(17-28)24(20-9-7-8-10-22(20)27-23)25(30)26-18-11-13-19(14-12-18)33(31,32)29(5-2)6-3/h7-14H,4-6,15-17H2,1-3H3,(H,26,30). The molecule has 0 atom stereocenters. The highest BCUT2D eigenvalue weighted by atomic mass is 32.2. The lowest BCUT2D eigenvalue weighted by molar-refractivity contribution is 0.102. The van der Waals surface area contributed by atoms with E-state index in [9.17, 15) is 13.2 Å². The fourth-order valence-electron chi connectivity index (χ4n) is 4.39. The summed E-state index contributed by atoms with van der Waals surface area (Å²) in [6.45, 7) is 9.09. The number of nitrogens with zero attached hydrogens (tertiary/aromatic N) is 3. The zero-order valence-electron chi connectivity index (χ0n) is 19.3. The Hall–Kier alpha value is -2.81. The lowest BCUT2D eigenvalue weighted by atomic mass is 9.95. The highest BCUT2D eigenvalue weighted by Gasteiger charge is 2.26. The molecule has 1 amide bonds. The summed E-state index contributed by atoms with van der Waals surface area (Å²) in [5.41, 5.74) is 3.96. The quantitative estimate of drug-likeness (QED) is 0.571. The molecular weight excluding hydrogens is 436 g/mol. The van der Waals surface area contributed by atoms with Gasteiger partial charge in [0, 0.05) is 54.9 Å². The van der Waals surface area contributed by atoms with E-state index in [1.165, 1.54) is 4.31 Å². The summed E-state index contributed by atoms with van der Waals surface area (Å²) in [4.78, 5) is 20.8. The van der Waals surface area contributed by atoms with Crippen molar-refractivity contribution in [3.05, 3.63) is 65.4 Å². The van der Waals surface area contributed by atoms with Gasteiger partial charge in [-0.05, 0) is 36.9 Å². The molecule has 3 aromatic rings. The molecule has 0 radical (unpaired) electrons. The van der Waals surface area contributed by atoms with Crippen LogP contribution in [0.25, 0.3) is 10.9 Å². The average molecular weight is 467 g/mol. The van der Waals surface area contributed by atoms with E-state index in [1.807, 2.05) is 38.1 Å². The van der Waals surface area contributed by atoms with Gasteiger partial charge in [-0.25, -0.2) is 8.42 Å². The number of fused-ring (bicyclic) bond motifs is 2. The van der Waals surface area contributed by atoms with E-state index in [0.717, 1.165) is 41.7 Å². The second kappa shape index (κ2) is 9.59. The molecule has 1 N–H and O–H groups in total. The number of pyridine rings is 1. The second-order valence-corrected chi connectivity index (χ2v) is 10.1. The first-order valence-electron chi connectivity index (χ1n) is 11.4. The number of nitrogens with one attached hydrogen (secondary N) is 1. The largest absolute Gasteiger partial charge is 0.322 e. The summed E-state index contributed by atoms with van der Waals surface area (Å²) in [5, 5.41) is 3.80. The third-order valence-corrected chi connectivity index (χ3v) is 8.32. The Morgan fingerprint density at radius 1 is 1.06 bits per heavy atom. The van der Waals surface area contributed by atoms with Gasteiger partial charge in [-0.2, -0.15) is 4.31 Å². The van der Waals surface area contributed by atoms with E-state index in [4.69, 9.17) is 4.98 Å². The number of sulfonamides is 1. The summed E-state index contributed by atoms with van der Waals surface area (Å²) in [6, 6.07) is 14.1. The van der Waals surface area contributed by atoms with E-state index in [1.54, 1.807) is 24.3 Å². The van der Waals surface area contributed by atoms with Crippen LogP contribution in [0, 0.1) is 0 Å². The highest BCUT2D eigenvalue weighted by molar-refractivity contribution is 7.89. The zero-order chi connectivity index (χ0) is 23.6. The van der Waals surface area contributed by atoms with E-state index >= 15 is 0 Å². The second-order valence-electron chi connectivity index (χ2n) is 8.12. The van der Waals surface area contributed by atoms with Crippen molar-refractivity contribution in [3.8, 4) is 0 Å². The number of likely N-dealkylation sites (N-methyl/N-ethyl adjacent to an activating group) is 1. The van der Waals surface area contributed by atoms with Crippen LogP contribution in [0.15, 0.2) is 53.4 Å². The summed E-state index contributed by atoms with van der Waals surface area (Å²) in [5.74, 6) is -0.206. The first-order chi connectivity index (χ1) is 15.9. The van der Waals surface area contributed by atoms with Crippen LogP contribution in [0.2, 0.25) is 0 Å². The van der Waals surface area contributed by atoms with Crippen molar-refractivity contribution in [2.75, 3.05) is 31.5 Å². The van der Waals surface area contributed by atoms with Gasteiger partial charge >= 0.3 is 0 Å². The van der Waals surface area contributed by atoms with Crippen molar-refractivity contribution in [1.29, 1.82) is 0 Å². The van der Waals surface area contributed by atoms with Crippen molar-refractivity contribution < 1.29 is 13.2 Å². The molecule has 0 saturated heterocycles. The topological polar surface area (TPSA) is 82.6 Å². The Morgan fingerprint density at radius 3 is 2.42 bits per heavy atom. The van der Waals surface area contributed by atoms with Gasteiger partial charge in [0.2, 0.25) is 10.0 Å². The van der Waals surface area contributed by atoms with Crippen LogP contribution < -0.4 is 5.32 Å². The number of hydrogen-bond acceptors (Lipinski definition) is 5. The summed E-state index contributed by atoms with van der Waals surface area (Å²) >= 11 is 0. The van der Waals surface area contributed by atoms with Crippen LogP contribution in [-0.2, 0) is 23.0 Å². The van der Waals surface area contributed by atoms with E-state index in [2.05, 4.69) is 17.1 Å². The predicted molar refractivity (Wildman–Crippen MR) is 131 cm³/mol. The van der Waals surface area contributed by atoms with Gasteiger partial charge in [0.1, 0.15) is 0 Å². The molecule has 1 aromatic heterocycles. The van der Waals surface area contributed by atoms with E-state index in [-0.39, 0.29) is 10.8 Å². The van der Waals surface area contributed by atoms with Crippen molar-refractivity contribution in [2.24, 2.45) is 0 Å². The maximum Gasteiger partial charge on any atom is 0.256 e. The molecule has 33 heavy (non-hydrogen) atoms. The van der Waals surface area contributed by atoms with E-state index < -0.39 is 10.0 Å². The number of carbonyl (C=O) groups is 1. The summed E-state index contributed by atoms with van der Waals surface area (Å²) < 4.78 is 26.9. The minimum atomic E-state index is -3.54. The number of anilines is 1. The number of hydrogen-bond donors (Lipinski definition) is 1.